The number of thiazole rings is 1. The van der Waals surface area contributed by atoms with E-state index < -0.39 is 11.9 Å². The van der Waals surface area contributed by atoms with Crippen LogP contribution in [0.5, 0.6) is 0 Å². The Hall–Kier alpha value is -2.48. The molecule has 2 aromatic heterocycles. The molecule has 1 unspecified atom stereocenters. The van der Waals surface area contributed by atoms with E-state index in [1.54, 1.807) is 12.1 Å². The van der Waals surface area contributed by atoms with Crippen molar-refractivity contribution >= 4 is 29.0 Å². The zero-order valence-corrected chi connectivity index (χ0v) is 11.3. The summed E-state index contributed by atoms with van der Waals surface area (Å²) >= 11 is 1.26. The fourth-order valence-corrected chi connectivity index (χ4v) is 2.29. The molecule has 0 aromatic carbocycles. The number of rotatable bonds is 5. The maximum Gasteiger partial charge on any atom is 0.355 e. The molecule has 20 heavy (non-hydrogen) atoms. The highest BCUT2D eigenvalue weighted by molar-refractivity contribution is 7.09. The van der Waals surface area contributed by atoms with E-state index in [1.165, 1.54) is 22.9 Å². The molecule has 104 valence electrons. The van der Waals surface area contributed by atoms with Gasteiger partial charge in [0.1, 0.15) is 10.8 Å². The van der Waals surface area contributed by atoms with E-state index >= 15 is 0 Å². The monoisotopic (exact) mass is 292 g/mol. The summed E-state index contributed by atoms with van der Waals surface area (Å²) in [5.41, 5.74) is 5.47. The van der Waals surface area contributed by atoms with Crippen LogP contribution in [0.1, 0.15) is 38.8 Å². The molecule has 8 heteroatoms. The molecule has 0 aliphatic carbocycles. The van der Waals surface area contributed by atoms with E-state index in [2.05, 4.69) is 15.3 Å². The third kappa shape index (κ3) is 3.09. The zero-order chi connectivity index (χ0) is 14.7. The quantitative estimate of drug-likeness (QED) is 0.768. The molecular formula is C12H12N4O3S. The molecule has 0 fully saturated rings. The third-order valence-electron chi connectivity index (χ3n) is 2.52. The van der Waals surface area contributed by atoms with Crippen LogP contribution in [0.25, 0.3) is 0 Å². The van der Waals surface area contributed by atoms with Gasteiger partial charge in [0.15, 0.2) is 5.69 Å². The van der Waals surface area contributed by atoms with Gasteiger partial charge in [0, 0.05) is 11.6 Å². The number of nitrogens with one attached hydrogen (secondary N) is 1. The number of anilines is 1. The minimum Gasteiger partial charge on any atom is -0.476 e. The first-order valence-corrected chi connectivity index (χ1v) is 6.56. The second kappa shape index (κ2) is 5.66. The number of aromatic nitrogens is 2. The predicted octanol–water partition coefficient (Wildman–Crippen LogP) is 1.51. The Morgan fingerprint density at radius 3 is 2.70 bits per heavy atom. The van der Waals surface area contributed by atoms with Crippen LogP contribution in [0.2, 0.25) is 0 Å². The smallest absolute Gasteiger partial charge is 0.355 e. The van der Waals surface area contributed by atoms with E-state index in [-0.39, 0.29) is 11.7 Å². The van der Waals surface area contributed by atoms with Crippen molar-refractivity contribution in [2.75, 3.05) is 5.32 Å². The minimum absolute atomic E-state index is 0.0238. The SMILES string of the molecule is CC(Nc1ccc(C(N)=O)cn1)c1nc(C(=O)O)cs1. The van der Waals surface area contributed by atoms with Crippen LogP contribution in [-0.4, -0.2) is 27.0 Å². The molecule has 1 amide bonds. The molecule has 0 aliphatic rings. The lowest BCUT2D eigenvalue weighted by molar-refractivity contribution is 0.0691. The lowest BCUT2D eigenvalue weighted by Crippen LogP contribution is -2.12. The molecule has 2 rings (SSSR count). The normalized spacial score (nSPS) is 11.8. The van der Waals surface area contributed by atoms with Gasteiger partial charge in [-0.05, 0) is 19.1 Å². The van der Waals surface area contributed by atoms with Crippen LogP contribution in [0.15, 0.2) is 23.7 Å². The largest absolute Gasteiger partial charge is 0.476 e. The van der Waals surface area contributed by atoms with Crippen molar-refractivity contribution in [1.82, 2.24) is 9.97 Å². The number of aromatic carboxylic acids is 1. The summed E-state index contributed by atoms with van der Waals surface area (Å²) in [6.45, 7) is 1.84. The van der Waals surface area contributed by atoms with Gasteiger partial charge in [-0.25, -0.2) is 14.8 Å². The van der Waals surface area contributed by atoms with Crippen LogP contribution < -0.4 is 11.1 Å². The standard InChI is InChI=1S/C12H12N4O3S/c1-6(11-16-8(5-20-11)12(18)19)15-9-3-2-7(4-14-9)10(13)17/h2-6H,1H3,(H2,13,17)(H,14,15)(H,18,19). The van der Waals surface area contributed by atoms with Crippen molar-refractivity contribution in [1.29, 1.82) is 0 Å². The number of amides is 1. The first-order chi connectivity index (χ1) is 9.47. The minimum atomic E-state index is -1.05. The highest BCUT2D eigenvalue weighted by Gasteiger charge is 2.14. The molecule has 0 aliphatic heterocycles. The lowest BCUT2D eigenvalue weighted by Gasteiger charge is -2.11. The summed E-state index contributed by atoms with van der Waals surface area (Å²) in [6.07, 6.45) is 1.38. The molecule has 2 heterocycles. The van der Waals surface area contributed by atoms with Crippen LogP contribution in [-0.2, 0) is 0 Å². The van der Waals surface area contributed by atoms with Crippen molar-refractivity contribution in [3.63, 3.8) is 0 Å². The Labute approximate surface area is 118 Å². The second-order valence-corrected chi connectivity index (χ2v) is 4.93. The first-order valence-electron chi connectivity index (χ1n) is 5.68. The van der Waals surface area contributed by atoms with E-state index in [1.807, 2.05) is 6.92 Å². The number of carboxylic acid groups (broad SMARTS) is 1. The number of carbonyl (C=O) groups excluding carboxylic acids is 1. The topological polar surface area (TPSA) is 118 Å². The van der Waals surface area contributed by atoms with E-state index in [0.29, 0.717) is 16.4 Å². The van der Waals surface area contributed by atoms with Gasteiger partial charge in [-0.3, -0.25) is 4.79 Å². The summed E-state index contributed by atoms with van der Waals surface area (Å²) in [5, 5.41) is 14.0. The van der Waals surface area contributed by atoms with Crippen molar-refractivity contribution in [3.8, 4) is 0 Å². The van der Waals surface area contributed by atoms with Crippen LogP contribution >= 0.6 is 11.3 Å². The molecule has 0 saturated heterocycles. The van der Waals surface area contributed by atoms with Crippen molar-refractivity contribution in [2.45, 2.75) is 13.0 Å². The molecule has 0 spiro atoms. The van der Waals surface area contributed by atoms with Gasteiger partial charge in [0.05, 0.1) is 11.6 Å². The van der Waals surface area contributed by atoms with Crippen LogP contribution in [0, 0.1) is 0 Å². The molecular weight excluding hydrogens is 280 g/mol. The van der Waals surface area contributed by atoms with Gasteiger partial charge >= 0.3 is 5.97 Å². The Balaban J connectivity index is 2.08. The van der Waals surface area contributed by atoms with Gasteiger partial charge in [0.25, 0.3) is 0 Å². The number of nitrogens with two attached hydrogens (primary N) is 1. The highest BCUT2D eigenvalue weighted by Crippen LogP contribution is 2.21. The zero-order valence-electron chi connectivity index (χ0n) is 10.5. The number of hydrogen-bond acceptors (Lipinski definition) is 6. The van der Waals surface area contributed by atoms with Crippen LogP contribution in [0.4, 0.5) is 5.82 Å². The molecule has 2 aromatic rings. The average molecular weight is 292 g/mol. The molecule has 1 atom stereocenters. The van der Waals surface area contributed by atoms with Gasteiger partial charge in [0.2, 0.25) is 5.91 Å². The number of hydrogen-bond donors (Lipinski definition) is 3. The number of carbonyl (C=O) groups is 2. The van der Waals surface area contributed by atoms with Crippen LogP contribution in [0.3, 0.4) is 0 Å². The summed E-state index contributed by atoms with van der Waals surface area (Å²) in [6, 6.07) is 3.00. The van der Waals surface area contributed by atoms with Gasteiger partial charge in [-0.1, -0.05) is 0 Å². The van der Waals surface area contributed by atoms with Gasteiger partial charge < -0.3 is 16.2 Å². The van der Waals surface area contributed by atoms with E-state index in [0.717, 1.165) is 0 Å². The average Bonchev–Trinajstić information content (AvgIpc) is 2.89. The van der Waals surface area contributed by atoms with E-state index in [4.69, 9.17) is 10.8 Å². The maximum absolute atomic E-state index is 10.9. The summed E-state index contributed by atoms with van der Waals surface area (Å²) < 4.78 is 0. The predicted molar refractivity (Wildman–Crippen MR) is 73.9 cm³/mol. The molecule has 4 N–H and O–H groups in total. The summed E-state index contributed by atoms with van der Waals surface area (Å²) in [5.74, 6) is -1.04. The number of carboxylic acids is 1. The summed E-state index contributed by atoms with van der Waals surface area (Å²) in [4.78, 5) is 29.7. The molecule has 0 saturated carbocycles. The third-order valence-corrected chi connectivity index (χ3v) is 3.55. The fourth-order valence-electron chi connectivity index (χ4n) is 1.49. The first kappa shape index (κ1) is 13.9. The van der Waals surface area contributed by atoms with E-state index in [9.17, 15) is 9.59 Å². The lowest BCUT2D eigenvalue weighted by atomic mass is 10.2. The summed E-state index contributed by atoms with van der Waals surface area (Å²) in [7, 11) is 0. The second-order valence-electron chi connectivity index (χ2n) is 4.04. The maximum atomic E-state index is 10.9. The van der Waals surface area contributed by atoms with Gasteiger partial charge in [-0.15, -0.1) is 11.3 Å². The Kier molecular flexibility index (Phi) is 3.94. The van der Waals surface area contributed by atoms with Crippen molar-refractivity contribution in [2.24, 2.45) is 5.73 Å². The highest BCUT2D eigenvalue weighted by atomic mass is 32.1. The molecule has 0 bridgehead atoms. The fraction of sp³-hybridized carbons (Fsp3) is 0.167. The Morgan fingerprint density at radius 1 is 1.45 bits per heavy atom. The van der Waals surface area contributed by atoms with Crippen molar-refractivity contribution in [3.05, 3.63) is 40.0 Å². The molecule has 7 nitrogen and oxygen atoms in total. The van der Waals surface area contributed by atoms with Gasteiger partial charge in [-0.2, -0.15) is 0 Å². The number of primary amides is 1. The Bertz CT molecular complexity index is 638. The molecule has 0 radical (unpaired) electrons. The number of pyridine rings is 1. The Morgan fingerprint density at radius 2 is 2.20 bits per heavy atom. The van der Waals surface area contributed by atoms with Crippen molar-refractivity contribution < 1.29 is 14.7 Å². The number of nitrogens with zero attached hydrogens (tertiary/aromatic N) is 2.